The normalized spacial score (nSPS) is 22.0. The zero-order chi connectivity index (χ0) is 19.3. The fraction of sp³-hybridized carbons (Fsp3) is 0.579. The van der Waals surface area contributed by atoms with Gasteiger partial charge in [0.2, 0.25) is 0 Å². The highest BCUT2D eigenvalue weighted by Gasteiger charge is 2.41. The fourth-order valence-electron chi connectivity index (χ4n) is 3.59. The lowest BCUT2D eigenvalue weighted by Gasteiger charge is -2.25. The SMILES string of the molecule is COc1cc(CCNC(=O)N2CCC[C@]3(CC2)CNC(=O)O3)cc(OC)c1. The van der Waals surface area contributed by atoms with Crippen molar-refractivity contribution in [1.82, 2.24) is 15.5 Å². The number of urea groups is 1. The lowest BCUT2D eigenvalue weighted by Crippen LogP contribution is -2.42. The maximum absolute atomic E-state index is 12.5. The molecular formula is C19H27N3O5. The molecule has 148 valence electrons. The molecule has 1 aromatic carbocycles. The van der Waals surface area contributed by atoms with E-state index in [1.54, 1.807) is 19.1 Å². The third kappa shape index (κ3) is 4.75. The van der Waals surface area contributed by atoms with Gasteiger partial charge in [-0.25, -0.2) is 9.59 Å². The molecule has 2 fully saturated rings. The van der Waals surface area contributed by atoms with Crippen LogP contribution in [0.3, 0.4) is 0 Å². The Balaban J connectivity index is 1.49. The Hall–Kier alpha value is -2.64. The highest BCUT2D eigenvalue weighted by Crippen LogP contribution is 2.29. The number of hydrogen-bond donors (Lipinski definition) is 2. The molecule has 0 aromatic heterocycles. The standard InChI is InChI=1S/C19H27N3O5/c1-25-15-10-14(11-16(12-15)26-2)4-7-20-17(23)22-8-3-5-19(6-9-22)13-21-18(24)27-19/h10-12H,3-9,13H2,1-2H3,(H,20,23)(H,21,24)/t19-/m0/s1. The number of hydrogen-bond acceptors (Lipinski definition) is 5. The van der Waals surface area contributed by atoms with Gasteiger partial charge in [0.1, 0.15) is 17.1 Å². The van der Waals surface area contributed by atoms with Gasteiger partial charge in [-0.1, -0.05) is 0 Å². The summed E-state index contributed by atoms with van der Waals surface area (Å²) >= 11 is 0. The van der Waals surface area contributed by atoms with Crippen molar-refractivity contribution in [2.24, 2.45) is 0 Å². The molecule has 1 atom stereocenters. The van der Waals surface area contributed by atoms with E-state index in [1.165, 1.54) is 0 Å². The average molecular weight is 377 g/mol. The van der Waals surface area contributed by atoms with Crippen molar-refractivity contribution in [2.75, 3.05) is 40.4 Å². The summed E-state index contributed by atoms with van der Waals surface area (Å²) in [5.41, 5.74) is 0.578. The average Bonchev–Trinajstić information content (AvgIpc) is 2.91. The maximum Gasteiger partial charge on any atom is 0.407 e. The zero-order valence-electron chi connectivity index (χ0n) is 15.9. The van der Waals surface area contributed by atoms with Crippen LogP contribution in [-0.4, -0.2) is 63.0 Å². The molecule has 0 bridgehead atoms. The van der Waals surface area contributed by atoms with Crippen molar-refractivity contribution in [3.8, 4) is 11.5 Å². The molecule has 27 heavy (non-hydrogen) atoms. The number of ether oxygens (including phenoxy) is 3. The van der Waals surface area contributed by atoms with Crippen LogP contribution in [0.4, 0.5) is 9.59 Å². The Labute approximate surface area is 159 Å². The van der Waals surface area contributed by atoms with Crippen molar-refractivity contribution < 1.29 is 23.8 Å². The topological polar surface area (TPSA) is 89.1 Å². The first-order valence-electron chi connectivity index (χ1n) is 9.25. The van der Waals surface area contributed by atoms with E-state index in [4.69, 9.17) is 14.2 Å². The Morgan fingerprint density at radius 3 is 2.59 bits per heavy atom. The van der Waals surface area contributed by atoms with Crippen LogP contribution in [0.5, 0.6) is 11.5 Å². The molecule has 0 radical (unpaired) electrons. The Kier molecular flexibility index (Phi) is 5.93. The zero-order valence-corrected chi connectivity index (χ0v) is 15.9. The van der Waals surface area contributed by atoms with Gasteiger partial charge in [-0.05, 0) is 37.0 Å². The highest BCUT2D eigenvalue weighted by molar-refractivity contribution is 5.74. The molecule has 3 amide bonds. The van der Waals surface area contributed by atoms with Crippen LogP contribution in [0.15, 0.2) is 18.2 Å². The van der Waals surface area contributed by atoms with Crippen molar-refractivity contribution in [3.63, 3.8) is 0 Å². The van der Waals surface area contributed by atoms with E-state index >= 15 is 0 Å². The lowest BCUT2D eigenvalue weighted by atomic mass is 9.95. The molecule has 3 rings (SSSR count). The van der Waals surface area contributed by atoms with Crippen LogP contribution in [0.1, 0.15) is 24.8 Å². The highest BCUT2D eigenvalue weighted by atomic mass is 16.6. The maximum atomic E-state index is 12.5. The number of nitrogens with one attached hydrogen (secondary N) is 2. The second-order valence-corrected chi connectivity index (χ2v) is 6.97. The number of nitrogens with zero attached hydrogens (tertiary/aromatic N) is 1. The van der Waals surface area contributed by atoms with Gasteiger partial charge in [-0.3, -0.25) is 0 Å². The molecule has 8 heteroatoms. The van der Waals surface area contributed by atoms with Crippen molar-refractivity contribution in [3.05, 3.63) is 23.8 Å². The van der Waals surface area contributed by atoms with E-state index in [9.17, 15) is 9.59 Å². The molecule has 2 heterocycles. The van der Waals surface area contributed by atoms with Crippen molar-refractivity contribution in [1.29, 1.82) is 0 Å². The number of carbonyl (C=O) groups is 2. The van der Waals surface area contributed by atoms with Gasteiger partial charge in [-0.15, -0.1) is 0 Å². The summed E-state index contributed by atoms with van der Waals surface area (Å²) in [5, 5.41) is 5.70. The van der Waals surface area contributed by atoms with E-state index in [0.29, 0.717) is 39.0 Å². The van der Waals surface area contributed by atoms with Crippen LogP contribution in [0.2, 0.25) is 0 Å². The first-order valence-corrected chi connectivity index (χ1v) is 9.25. The minimum Gasteiger partial charge on any atom is -0.497 e. The summed E-state index contributed by atoms with van der Waals surface area (Å²) in [4.78, 5) is 25.7. The number of amides is 3. The summed E-state index contributed by atoms with van der Waals surface area (Å²) in [6, 6.07) is 5.61. The first-order chi connectivity index (χ1) is 13.0. The second kappa shape index (κ2) is 8.37. The van der Waals surface area contributed by atoms with Gasteiger partial charge in [0.15, 0.2) is 0 Å². The molecule has 0 unspecified atom stereocenters. The van der Waals surface area contributed by atoms with Crippen molar-refractivity contribution in [2.45, 2.75) is 31.3 Å². The molecule has 2 aliphatic heterocycles. The van der Waals surface area contributed by atoms with Crippen LogP contribution >= 0.6 is 0 Å². The smallest absolute Gasteiger partial charge is 0.407 e. The van der Waals surface area contributed by atoms with E-state index in [1.807, 2.05) is 18.2 Å². The van der Waals surface area contributed by atoms with Crippen LogP contribution in [-0.2, 0) is 11.2 Å². The Morgan fingerprint density at radius 1 is 1.22 bits per heavy atom. The third-order valence-corrected chi connectivity index (χ3v) is 5.15. The monoisotopic (exact) mass is 377 g/mol. The molecule has 2 saturated heterocycles. The van der Waals surface area contributed by atoms with E-state index in [-0.39, 0.29) is 12.1 Å². The molecular weight excluding hydrogens is 350 g/mol. The molecule has 1 spiro atoms. The molecule has 2 aliphatic rings. The minimum absolute atomic E-state index is 0.0841. The molecule has 0 aliphatic carbocycles. The number of rotatable bonds is 5. The predicted molar refractivity (Wildman–Crippen MR) is 99.3 cm³/mol. The van der Waals surface area contributed by atoms with Crippen molar-refractivity contribution >= 4 is 12.1 Å². The van der Waals surface area contributed by atoms with E-state index in [2.05, 4.69) is 10.6 Å². The summed E-state index contributed by atoms with van der Waals surface area (Å²) in [6.45, 7) is 2.29. The van der Waals surface area contributed by atoms with Gasteiger partial charge in [0, 0.05) is 32.1 Å². The molecule has 1 aromatic rings. The van der Waals surface area contributed by atoms with Crippen LogP contribution in [0.25, 0.3) is 0 Å². The summed E-state index contributed by atoms with van der Waals surface area (Å²) in [7, 11) is 3.23. The quantitative estimate of drug-likeness (QED) is 0.818. The number of alkyl carbamates (subject to hydrolysis) is 1. The Morgan fingerprint density at radius 2 is 1.96 bits per heavy atom. The largest absolute Gasteiger partial charge is 0.497 e. The second-order valence-electron chi connectivity index (χ2n) is 6.97. The van der Waals surface area contributed by atoms with Gasteiger partial charge in [0.05, 0.1) is 20.8 Å². The summed E-state index contributed by atoms with van der Waals surface area (Å²) in [5.74, 6) is 1.46. The summed E-state index contributed by atoms with van der Waals surface area (Å²) < 4.78 is 16.0. The predicted octanol–water partition coefficient (Wildman–Crippen LogP) is 1.92. The molecule has 0 saturated carbocycles. The minimum atomic E-state index is -0.455. The number of benzene rings is 1. The third-order valence-electron chi connectivity index (χ3n) is 5.15. The number of likely N-dealkylation sites (tertiary alicyclic amines) is 1. The van der Waals surface area contributed by atoms with Crippen LogP contribution in [0, 0.1) is 0 Å². The number of methoxy groups -OCH3 is 2. The van der Waals surface area contributed by atoms with Crippen LogP contribution < -0.4 is 20.1 Å². The molecule has 8 nitrogen and oxygen atoms in total. The van der Waals surface area contributed by atoms with Gasteiger partial charge in [0.25, 0.3) is 0 Å². The first kappa shape index (κ1) is 19.1. The van der Waals surface area contributed by atoms with Gasteiger partial charge < -0.3 is 29.7 Å². The summed E-state index contributed by atoms with van der Waals surface area (Å²) in [6.07, 6.45) is 2.57. The Bertz CT molecular complexity index is 674. The fourth-order valence-corrected chi connectivity index (χ4v) is 3.59. The lowest BCUT2D eigenvalue weighted by molar-refractivity contribution is 0.0453. The van der Waals surface area contributed by atoms with Gasteiger partial charge in [-0.2, -0.15) is 0 Å². The van der Waals surface area contributed by atoms with E-state index in [0.717, 1.165) is 29.9 Å². The number of carbonyl (C=O) groups excluding carboxylic acids is 2. The van der Waals surface area contributed by atoms with Gasteiger partial charge >= 0.3 is 12.1 Å². The van der Waals surface area contributed by atoms with E-state index < -0.39 is 5.60 Å². The molecule has 2 N–H and O–H groups in total.